The molecule has 33 heavy (non-hydrogen) atoms. The normalized spacial score (nSPS) is 26.1. The molecule has 1 amide bonds. The van der Waals surface area contributed by atoms with Crippen molar-refractivity contribution >= 4 is 33.0 Å². The summed E-state index contributed by atoms with van der Waals surface area (Å²) in [6.45, 7) is -0.105. The minimum atomic E-state index is -3.94. The summed E-state index contributed by atoms with van der Waals surface area (Å²) in [6, 6.07) is 6.62. The molecule has 0 spiro atoms. The fourth-order valence-electron chi connectivity index (χ4n) is 4.73. The van der Waals surface area contributed by atoms with Crippen LogP contribution in [0.2, 0.25) is 5.02 Å². The van der Waals surface area contributed by atoms with Gasteiger partial charge in [0.05, 0.1) is 27.3 Å². The lowest BCUT2D eigenvalue weighted by molar-refractivity contribution is -0.167. The van der Waals surface area contributed by atoms with Gasteiger partial charge < -0.3 is 10.4 Å². The van der Waals surface area contributed by atoms with Gasteiger partial charge in [0, 0.05) is 22.2 Å². The van der Waals surface area contributed by atoms with Crippen LogP contribution in [0, 0.1) is 23.5 Å². The van der Waals surface area contributed by atoms with Crippen LogP contribution in [0.4, 0.5) is 14.5 Å². The highest BCUT2D eigenvalue weighted by Crippen LogP contribution is 2.55. The maximum absolute atomic E-state index is 13.4. The van der Waals surface area contributed by atoms with E-state index in [2.05, 4.69) is 15.3 Å². The Labute approximate surface area is 193 Å². The molecule has 5 rings (SSSR count). The van der Waals surface area contributed by atoms with Crippen LogP contribution in [0.5, 0.6) is 0 Å². The molecule has 0 aliphatic heterocycles. The van der Waals surface area contributed by atoms with Crippen LogP contribution in [0.25, 0.3) is 10.4 Å². The largest absolute Gasteiger partial charge is 0.389 e. The Morgan fingerprint density at radius 2 is 1.88 bits per heavy atom. The number of hydrogen-bond donors (Lipinski definition) is 2. The smallest absolute Gasteiger partial charge is 0.255 e. The van der Waals surface area contributed by atoms with E-state index in [0.717, 1.165) is 18.2 Å². The third-order valence-corrected chi connectivity index (χ3v) is 9.24. The number of nitrogens with zero attached hydrogens (tertiary/aromatic N) is 3. The van der Waals surface area contributed by atoms with Gasteiger partial charge in [0.2, 0.25) is 0 Å². The second-order valence-corrected chi connectivity index (χ2v) is 11.0. The Balaban J connectivity index is 1.55. The molecule has 2 N–H and O–H groups in total. The van der Waals surface area contributed by atoms with Crippen molar-refractivity contribution in [3.63, 3.8) is 0 Å². The number of fused-ring (bicyclic) bond motifs is 2. The highest BCUT2D eigenvalue weighted by atomic mass is 35.5. The molecule has 0 radical (unpaired) electrons. The van der Waals surface area contributed by atoms with E-state index in [1.807, 2.05) is 0 Å². The fraction of sp³-hybridized carbons (Fsp3) is 0.381. The van der Waals surface area contributed by atoms with Crippen molar-refractivity contribution in [3.8, 4) is 0 Å². The first-order valence-corrected chi connectivity index (χ1v) is 12.0. The monoisotopic (exact) mass is 496 g/mol. The van der Waals surface area contributed by atoms with Crippen molar-refractivity contribution in [1.82, 2.24) is 0 Å². The van der Waals surface area contributed by atoms with E-state index in [9.17, 15) is 27.1 Å². The number of aliphatic hydroxyl groups is 1. The fourth-order valence-corrected chi connectivity index (χ4v) is 7.13. The molecule has 12 heteroatoms. The maximum atomic E-state index is 13.4. The second-order valence-electron chi connectivity index (χ2n) is 8.38. The number of sulfone groups is 1. The molecule has 174 valence electrons. The van der Waals surface area contributed by atoms with Gasteiger partial charge >= 0.3 is 0 Å². The lowest BCUT2D eigenvalue weighted by Crippen LogP contribution is -2.63. The third kappa shape index (κ3) is 4.17. The van der Waals surface area contributed by atoms with Crippen LogP contribution in [0.3, 0.4) is 0 Å². The molecule has 3 fully saturated rings. The number of rotatable bonds is 6. The quantitative estimate of drug-likeness (QED) is 0.346. The Kier molecular flexibility index (Phi) is 6.09. The van der Waals surface area contributed by atoms with E-state index in [0.29, 0.717) is 6.42 Å². The van der Waals surface area contributed by atoms with Crippen molar-refractivity contribution in [2.75, 3.05) is 11.9 Å². The van der Waals surface area contributed by atoms with Crippen LogP contribution in [0.15, 0.2) is 46.4 Å². The molecule has 3 aliphatic rings. The molecule has 2 atom stereocenters. The number of halogens is 3. The minimum Gasteiger partial charge on any atom is -0.389 e. The molecule has 8 nitrogen and oxygen atoms in total. The number of carbonyl (C=O) groups is 1. The van der Waals surface area contributed by atoms with Crippen LogP contribution in [-0.2, 0) is 9.84 Å². The lowest BCUT2D eigenvalue weighted by Gasteiger charge is -2.58. The Morgan fingerprint density at radius 3 is 2.52 bits per heavy atom. The van der Waals surface area contributed by atoms with Crippen molar-refractivity contribution < 1.29 is 27.1 Å². The number of benzene rings is 2. The molecule has 2 aromatic carbocycles. The first kappa shape index (κ1) is 23.4. The maximum Gasteiger partial charge on any atom is 0.255 e. The standard InChI is InChI=1S/C21H19ClF2N4O4S/c22-16-3-1-11(20(29)27-14-2-4-17(23)18(24)9-14)5-19(16)33(31,32)15-7-12-6-13(8-15)21(12,30)10-26-28-25/h1-5,9,12-13,15,30H,6-8,10H2,(H,27,29). The number of azide groups is 1. The predicted molar refractivity (Wildman–Crippen MR) is 117 cm³/mol. The molecule has 2 bridgehead atoms. The molecule has 0 heterocycles. The van der Waals surface area contributed by atoms with E-state index in [-0.39, 0.29) is 52.4 Å². The summed E-state index contributed by atoms with van der Waals surface area (Å²) in [5.41, 5.74) is 7.31. The molecule has 0 aromatic heterocycles. The van der Waals surface area contributed by atoms with E-state index in [1.54, 1.807) is 0 Å². The molecule has 2 unspecified atom stereocenters. The summed E-state index contributed by atoms with van der Waals surface area (Å²) in [7, 11) is -3.94. The Morgan fingerprint density at radius 1 is 1.18 bits per heavy atom. The zero-order valence-electron chi connectivity index (χ0n) is 17.1. The summed E-state index contributed by atoms with van der Waals surface area (Å²) in [5, 5.41) is 15.7. The van der Waals surface area contributed by atoms with Gasteiger partial charge in [-0.15, -0.1) is 0 Å². The van der Waals surface area contributed by atoms with Crippen molar-refractivity contribution in [2.24, 2.45) is 17.0 Å². The minimum absolute atomic E-state index is 0.00457. The van der Waals surface area contributed by atoms with E-state index in [1.165, 1.54) is 18.2 Å². The van der Waals surface area contributed by atoms with Gasteiger partial charge in [-0.2, -0.15) is 0 Å². The SMILES string of the molecule is [N-]=[N+]=NCC1(O)C2CC1CC(S(=O)(=O)c1cc(C(=O)Nc3ccc(F)c(F)c3)ccc1Cl)C2. The predicted octanol–water partition coefficient (Wildman–Crippen LogP) is 4.48. The average Bonchev–Trinajstić information content (AvgIpc) is 2.79. The average molecular weight is 497 g/mol. The van der Waals surface area contributed by atoms with E-state index >= 15 is 0 Å². The molecular formula is C21H19ClF2N4O4S. The van der Waals surface area contributed by atoms with Gasteiger partial charge in [0.1, 0.15) is 0 Å². The van der Waals surface area contributed by atoms with Crippen LogP contribution in [0.1, 0.15) is 29.6 Å². The summed E-state index contributed by atoms with van der Waals surface area (Å²) < 4.78 is 53.2. The summed E-state index contributed by atoms with van der Waals surface area (Å²) in [6.07, 6.45) is 1.00. The van der Waals surface area contributed by atoms with Crippen molar-refractivity contribution in [3.05, 3.63) is 69.1 Å². The molecule has 2 aromatic rings. The molecular weight excluding hydrogens is 478 g/mol. The highest BCUT2D eigenvalue weighted by molar-refractivity contribution is 7.92. The van der Waals surface area contributed by atoms with E-state index < -0.39 is 38.2 Å². The van der Waals surface area contributed by atoms with Gasteiger partial charge in [-0.05, 0) is 67.0 Å². The van der Waals surface area contributed by atoms with Crippen LogP contribution in [-0.4, -0.2) is 36.8 Å². The third-order valence-electron chi connectivity index (χ3n) is 6.58. The lowest BCUT2D eigenvalue weighted by atomic mass is 9.54. The number of carbonyl (C=O) groups excluding carboxylic acids is 1. The first-order chi connectivity index (χ1) is 15.6. The highest BCUT2D eigenvalue weighted by Gasteiger charge is 2.59. The number of amides is 1. The zero-order valence-corrected chi connectivity index (χ0v) is 18.7. The summed E-state index contributed by atoms with van der Waals surface area (Å²) in [5.74, 6) is -3.56. The number of anilines is 1. The molecule has 3 aliphatic carbocycles. The topological polar surface area (TPSA) is 132 Å². The van der Waals surface area contributed by atoms with Crippen LogP contribution < -0.4 is 5.32 Å². The van der Waals surface area contributed by atoms with E-state index in [4.69, 9.17) is 17.1 Å². The number of nitrogens with one attached hydrogen (secondary N) is 1. The van der Waals surface area contributed by atoms with Gasteiger partial charge in [0.15, 0.2) is 21.5 Å². The van der Waals surface area contributed by atoms with Crippen molar-refractivity contribution in [2.45, 2.75) is 35.0 Å². The molecule has 3 saturated carbocycles. The molecule has 0 saturated heterocycles. The van der Waals surface area contributed by atoms with Gasteiger partial charge in [-0.3, -0.25) is 4.79 Å². The van der Waals surface area contributed by atoms with Gasteiger partial charge in [-0.1, -0.05) is 16.7 Å². The van der Waals surface area contributed by atoms with Crippen molar-refractivity contribution in [1.29, 1.82) is 0 Å². The zero-order chi connectivity index (χ0) is 24.0. The van der Waals surface area contributed by atoms with Crippen LogP contribution >= 0.6 is 11.6 Å². The first-order valence-electron chi connectivity index (χ1n) is 10.1. The summed E-state index contributed by atoms with van der Waals surface area (Å²) >= 11 is 6.17. The van der Waals surface area contributed by atoms with Gasteiger partial charge in [-0.25, -0.2) is 17.2 Å². The number of hydrogen-bond acceptors (Lipinski definition) is 5. The Bertz CT molecular complexity index is 1270. The summed E-state index contributed by atoms with van der Waals surface area (Å²) in [4.78, 5) is 15.0. The van der Waals surface area contributed by atoms with Gasteiger partial charge in [0.25, 0.3) is 5.91 Å². The Hall–Kier alpha value is -2.72. The second kappa shape index (κ2) is 8.57.